The molecule has 1 aliphatic rings. The zero-order chi connectivity index (χ0) is 25.1. The first-order valence-corrected chi connectivity index (χ1v) is 12.3. The van der Waals surface area contributed by atoms with E-state index in [1.807, 2.05) is 71.0 Å². The largest absolute Gasteiger partial charge is 0.481 e. The molecule has 3 rings (SSSR count). The molecule has 2 aromatic rings. The fourth-order valence-corrected chi connectivity index (χ4v) is 4.26. The van der Waals surface area contributed by atoms with Gasteiger partial charge in [-0.05, 0) is 51.8 Å². The molecule has 182 valence electrons. The van der Waals surface area contributed by atoms with Crippen LogP contribution in [0, 0.1) is 0 Å². The molecule has 0 bridgehead atoms. The van der Waals surface area contributed by atoms with Gasteiger partial charge < -0.3 is 25.8 Å². The van der Waals surface area contributed by atoms with Gasteiger partial charge in [0.1, 0.15) is 27.4 Å². The minimum absolute atomic E-state index is 0.236. The number of rotatable bonds is 7. The molecule has 2 aromatic carbocycles. The van der Waals surface area contributed by atoms with Gasteiger partial charge in [-0.2, -0.15) is 0 Å². The second kappa shape index (κ2) is 10.4. The van der Waals surface area contributed by atoms with Crippen molar-refractivity contribution in [2.45, 2.75) is 70.7 Å². The summed E-state index contributed by atoms with van der Waals surface area (Å²) in [5.41, 5.74) is 6.88. The minimum atomic E-state index is -1.52. The second-order valence-corrected chi connectivity index (χ2v) is 10.4. The number of carbonyl (C=O) groups is 1. The van der Waals surface area contributed by atoms with Crippen molar-refractivity contribution in [3.8, 4) is 5.75 Å². The van der Waals surface area contributed by atoms with Crippen molar-refractivity contribution in [2.75, 3.05) is 5.32 Å². The van der Waals surface area contributed by atoms with Crippen LogP contribution in [-0.2, 0) is 15.1 Å². The van der Waals surface area contributed by atoms with Gasteiger partial charge in [0.05, 0.1) is 11.7 Å². The van der Waals surface area contributed by atoms with E-state index < -0.39 is 23.2 Å². The highest BCUT2D eigenvalue weighted by Crippen LogP contribution is 2.36. The molecule has 0 aromatic heterocycles. The Labute approximate surface area is 212 Å². The summed E-state index contributed by atoms with van der Waals surface area (Å²) in [6, 6.07) is 14.5. The van der Waals surface area contributed by atoms with Gasteiger partial charge in [-0.1, -0.05) is 74.2 Å². The number of benzene rings is 2. The predicted octanol–water partition coefficient (Wildman–Crippen LogP) is 4.84. The number of fused-ring (bicyclic) bond motifs is 1. The summed E-state index contributed by atoms with van der Waals surface area (Å²) in [5.74, 6) is 0.116. The Kier molecular flexibility index (Phi) is 7.95. The monoisotopic (exact) mass is 499 g/mol. The van der Waals surface area contributed by atoms with E-state index in [1.54, 1.807) is 12.1 Å². The van der Waals surface area contributed by atoms with E-state index in [0.29, 0.717) is 33.4 Å². The average molecular weight is 500 g/mol. The van der Waals surface area contributed by atoms with Crippen LogP contribution in [0.1, 0.15) is 58.6 Å². The van der Waals surface area contributed by atoms with Gasteiger partial charge in [0.15, 0.2) is 5.54 Å². The minimum Gasteiger partial charge on any atom is -0.481 e. The summed E-state index contributed by atoms with van der Waals surface area (Å²) in [7, 11) is 0. The Bertz CT molecular complexity index is 1070. The Hall–Kier alpha value is -2.55. The topological polar surface area (TPSA) is 85.6 Å². The number of nitrogens with two attached hydrogens (primary N) is 1. The van der Waals surface area contributed by atoms with Crippen LogP contribution in [0.15, 0.2) is 48.5 Å². The zero-order valence-electron chi connectivity index (χ0n) is 20.3. The molecule has 6 nitrogen and oxygen atoms in total. The van der Waals surface area contributed by atoms with Crippen LogP contribution < -0.4 is 21.1 Å². The molecule has 3 unspecified atom stereocenters. The van der Waals surface area contributed by atoms with Crippen LogP contribution in [0.5, 0.6) is 5.75 Å². The standard InChI is InChI=1S/C26H33N3O3S2/c1-6-10-21(29-23(34)17-11-8-7-9-12-17)26(27,24(30)32-25(3,4)5)18-13-14-20-19(15-18)28-22(33)16(2)31-20/h7-9,11-16,21H,6,10,27H2,1-5H3,(H,28,33)(H,29,34). The number of anilines is 1. The highest BCUT2D eigenvalue weighted by Gasteiger charge is 2.47. The molecule has 1 aliphatic heterocycles. The summed E-state index contributed by atoms with van der Waals surface area (Å²) in [6.07, 6.45) is 1.14. The Balaban J connectivity index is 2.07. The van der Waals surface area contributed by atoms with E-state index in [9.17, 15) is 4.79 Å². The summed E-state index contributed by atoms with van der Waals surface area (Å²) in [6.45, 7) is 9.39. The first-order chi connectivity index (χ1) is 16.0. The van der Waals surface area contributed by atoms with Crippen LogP contribution in [0.2, 0.25) is 0 Å². The fourth-order valence-electron chi connectivity index (χ4n) is 3.82. The molecule has 1 heterocycles. The molecule has 3 atom stereocenters. The number of esters is 1. The Morgan fingerprint density at radius 3 is 2.53 bits per heavy atom. The molecule has 0 radical (unpaired) electrons. The molecule has 0 spiro atoms. The smallest absolute Gasteiger partial charge is 0.333 e. The number of nitrogens with one attached hydrogen (secondary N) is 2. The third kappa shape index (κ3) is 5.74. The van der Waals surface area contributed by atoms with Crippen LogP contribution >= 0.6 is 24.4 Å². The van der Waals surface area contributed by atoms with Gasteiger partial charge >= 0.3 is 5.97 Å². The van der Waals surface area contributed by atoms with Crippen molar-refractivity contribution in [2.24, 2.45) is 5.73 Å². The molecule has 4 N–H and O–H groups in total. The molecular formula is C26H33N3O3S2. The molecule has 0 fully saturated rings. The van der Waals surface area contributed by atoms with Crippen molar-refractivity contribution in [3.63, 3.8) is 0 Å². The van der Waals surface area contributed by atoms with Crippen molar-refractivity contribution >= 4 is 46.1 Å². The van der Waals surface area contributed by atoms with Gasteiger partial charge in [-0.25, -0.2) is 4.79 Å². The number of hydrogen-bond acceptors (Lipinski definition) is 6. The lowest BCUT2D eigenvalue weighted by atomic mass is 9.80. The summed E-state index contributed by atoms with van der Waals surface area (Å²) in [5, 5.41) is 6.56. The van der Waals surface area contributed by atoms with Gasteiger partial charge in [-0.15, -0.1) is 0 Å². The van der Waals surface area contributed by atoms with E-state index in [1.165, 1.54) is 0 Å². The van der Waals surface area contributed by atoms with Crippen molar-refractivity contribution in [3.05, 3.63) is 59.7 Å². The van der Waals surface area contributed by atoms with Crippen LogP contribution in [0.4, 0.5) is 5.69 Å². The maximum absolute atomic E-state index is 13.7. The molecular weight excluding hydrogens is 466 g/mol. The van der Waals surface area contributed by atoms with Gasteiger partial charge in [0.25, 0.3) is 0 Å². The highest BCUT2D eigenvalue weighted by atomic mass is 32.1. The lowest BCUT2D eigenvalue weighted by molar-refractivity contribution is -0.163. The maximum Gasteiger partial charge on any atom is 0.333 e. The fraction of sp³-hybridized carbons (Fsp3) is 0.423. The molecule has 0 aliphatic carbocycles. The van der Waals surface area contributed by atoms with Crippen molar-refractivity contribution in [1.29, 1.82) is 0 Å². The number of hydrogen-bond donors (Lipinski definition) is 3. The van der Waals surface area contributed by atoms with Crippen molar-refractivity contribution in [1.82, 2.24) is 5.32 Å². The number of thiocarbonyl (C=S) groups is 2. The summed E-state index contributed by atoms with van der Waals surface area (Å²) < 4.78 is 11.7. The van der Waals surface area contributed by atoms with Crippen LogP contribution in [0.3, 0.4) is 0 Å². The van der Waals surface area contributed by atoms with Gasteiger partial charge in [0.2, 0.25) is 0 Å². The average Bonchev–Trinajstić information content (AvgIpc) is 2.78. The van der Waals surface area contributed by atoms with E-state index in [4.69, 9.17) is 39.6 Å². The quantitative estimate of drug-likeness (QED) is 0.369. The van der Waals surface area contributed by atoms with Crippen molar-refractivity contribution < 1.29 is 14.3 Å². The van der Waals surface area contributed by atoms with Gasteiger partial charge in [0, 0.05) is 5.56 Å². The van der Waals surface area contributed by atoms with E-state index in [0.717, 1.165) is 12.0 Å². The maximum atomic E-state index is 13.7. The van der Waals surface area contributed by atoms with Gasteiger partial charge in [-0.3, -0.25) is 0 Å². The third-order valence-electron chi connectivity index (χ3n) is 5.59. The number of carbonyl (C=O) groups excluding carboxylic acids is 1. The lowest BCUT2D eigenvalue weighted by Gasteiger charge is -2.39. The van der Waals surface area contributed by atoms with Crippen LogP contribution in [0.25, 0.3) is 0 Å². The zero-order valence-corrected chi connectivity index (χ0v) is 21.9. The first kappa shape index (κ1) is 26.1. The molecule has 0 amide bonds. The summed E-state index contributed by atoms with van der Waals surface area (Å²) in [4.78, 5) is 14.8. The molecule has 0 saturated heterocycles. The molecule has 8 heteroatoms. The first-order valence-electron chi connectivity index (χ1n) is 11.5. The van der Waals surface area contributed by atoms with E-state index in [2.05, 4.69) is 10.6 Å². The highest BCUT2D eigenvalue weighted by molar-refractivity contribution is 7.81. The molecule has 0 saturated carbocycles. The van der Waals surface area contributed by atoms with E-state index >= 15 is 0 Å². The van der Waals surface area contributed by atoms with E-state index in [-0.39, 0.29) is 6.10 Å². The SMILES string of the molecule is CCCC(NC(=S)c1ccccc1)C(N)(C(=O)OC(C)(C)C)c1ccc2c(c1)NC(=S)C(C)O2. The lowest BCUT2D eigenvalue weighted by Crippen LogP contribution is -2.62. The molecule has 34 heavy (non-hydrogen) atoms. The van der Waals surface area contributed by atoms with Crippen LogP contribution in [-0.4, -0.2) is 33.7 Å². The normalized spacial score (nSPS) is 17.9. The predicted molar refractivity (Wildman–Crippen MR) is 144 cm³/mol. The Morgan fingerprint density at radius 1 is 1.24 bits per heavy atom. The summed E-state index contributed by atoms with van der Waals surface area (Å²) >= 11 is 11.1. The number of ether oxygens (including phenoxy) is 2. The Morgan fingerprint density at radius 2 is 1.91 bits per heavy atom. The third-order valence-corrected chi connectivity index (χ3v) is 6.38. The second-order valence-electron chi connectivity index (χ2n) is 9.51.